The Hall–Kier alpha value is -1.24. The molecule has 1 aromatic heterocycles. The van der Waals surface area contributed by atoms with Crippen LogP contribution in [0.4, 0.5) is 13.2 Å². The monoisotopic (exact) mass is 295 g/mol. The maximum atomic E-state index is 13.5. The summed E-state index contributed by atoms with van der Waals surface area (Å²) in [5, 5.41) is 11.2. The molecule has 0 spiro atoms. The summed E-state index contributed by atoms with van der Waals surface area (Å²) >= 11 is 1.23. The van der Waals surface area contributed by atoms with Crippen LogP contribution in [0.25, 0.3) is 0 Å². The molecule has 2 aromatic rings. The lowest BCUT2D eigenvalue weighted by Crippen LogP contribution is -2.14. The molecule has 0 saturated carbocycles. The summed E-state index contributed by atoms with van der Waals surface area (Å²) < 4.78 is 39.4. The minimum Gasteiger partial charge on any atom is -0.507 e. The predicted molar refractivity (Wildman–Crippen MR) is 65.6 cm³/mol. The summed E-state index contributed by atoms with van der Waals surface area (Å²) in [5.41, 5.74) is 5.26. The van der Waals surface area contributed by atoms with Crippen molar-refractivity contribution in [3.63, 3.8) is 0 Å². The molecule has 0 aliphatic heterocycles. The number of phenolic OH excluding ortho intramolecular Hbond substituents is 1. The third-order valence-electron chi connectivity index (χ3n) is 2.34. The lowest BCUT2D eigenvalue weighted by molar-refractivity contribution is 0.405. The number of halogens is 4. The maximum absolute atomic E-state index is 13.5. The molecule has 0 bridgehead atoms. The predicted octanol–water partition coefficient (Wildman–Crippen LogP) is 3.34. The molecular weight excluding hydrogens is 287 g/mol. The minimum atomic E-state index is -1.63. The van der Waals surface area contributed by atoms with Gasteiger partial charge in [-0.05, 0) is 11.4 Å². The maximum Gasteiger partial charge on any atom is 0.195 e. The molecule has 0 saturated heterocycles. The van der Waals surface area contributed by atoms with Crippen LogP contribution < -0.4 is 5.73 Å². The molecule has 0 fully saturated rings. The molecule has 0 amide bonds. The number of nitrogens with two attached hydrogens (primary N) is 1. The second-order valence-corrected chi connectivity index (χ2v) is 4.39. The number of hydrogen-bond donors (Lipinski definition) is 2. The summed E-state index contributed by atoms with van der Waals surface area (Å²) in [6.45, 7) is 0. The highest BCUT2D eigenvalue weighted by molar-refractivity contribution is 7.10. The Balaban J connectivity index is 0.00000162. The van der Waals surface area contributed by atoms with Crippen LogP contribution in [-0.4, -0.2) is 5.11 Å². The van der Waals surface area contributed by atoms with E-state index in [9.17, 15) is 18.3 Å². The molecule has 0 radical (unpaired) electrons. The lowest BCUT2D eigenvalue weighted by Gasteiger charge is -2.13. The van der Waals surface area contributed by atoms with Crippen LogP contribution in [0.5, 0.6) is 5.75 Å². The highest BCUT2D eigenvalue weighted by Gasteiger charge is 2.24. The highest BCUT2D eigenvalue weighted by atomic mass is 35.5. The molecule has 7 heteroatoms. The Morgan fingerprint density at radius 2 is 1.89 bits per heavy atom. The average molecular weight is 296 g/mol. The van der Waals surface area contributed by atoms with Gasteiger partial charge in [0, 0.05) is 10.9 Å². The van der Waals surface area contributed by atoms with Crippen LogP contribution in [-0.2, 0) is 0 Å². The topological polar surface area (TPSA) is 46.2 Å². The standard InChI is InChI=1S/C11H8F3NOS.ClH/c12-5-4-6(16)8(10(14)9(5)13)11(15)7-2-1-3-17-7;/h1-4,11,16H,15H2;1H/t11-;/m0./s1. The summed E-state index contributed by atoms with van der Waals surface area (Å²) in [7, 11) is 0. The fourth-order valence-electron chi connectivity index (χ4n) is 1.50. The molecule has 2 nitrogen and oxygen atoms in total. The van der Waals surface area contributed by atoms with E-state index in [-0.39, 0.29) is 12.4 Å². The molecule has 0 unspecified atom stereocenters. The van der Waals surface area contributed by atoms with E-state index in [1.54, 1.807) is 17.5 Å². The Bertz CT molecular complexity index is 548. The number of thiophene rings is 1. The van der Waals surface area contributed by atoms with Crippen molar-refractivity contribution in [3.05, 3.63) is 51.5 Å². The molecule has 18 heavy (non-hydrogen) atoms. The number of aromatic hydroxyl groups is 1. The summed E-state index contributed by atoms with van der Waals surface area (Å²) in [6, 6.07) is 2.80. The summed E-state index contributed by atoms with van der Waals surface area (Å²) in [5.74, 6) is -5.22. The zero-order valence-corrected chi connectivity index (χ0v) is 10.5. The Kier molecular flexibility index (Phi) is 4.61. The smallest absolute Gasteiger partial charge is 0.195 e. The van der Waals surface area contributed by atoms with Gasteiger partial charge >= 0.3 is 0 Å². The van der Waals surface area contributed by atoms with Crippen LogP contribution >= 0.6 is 23.7 Å². The van der Waals surface area contributed by atoms with Crippen molar-refractivity contribution in [2.24, 2.45) is 5.73 Å². The first-order valence-electron chi connectivity index (χ1n) is 4.67. The van der Waals surface area contributed by atoms with Crippen LogP contribution in [0.15, 0.2) is 23.6 Å². The fraction of sp³-hybridized carbons (Fsp3) is 0.0909. The normalized spacial score (nSPS) is 12.0. The van der Waals surface area contributed by atoms with E-state index >= 15 is 0 Å². The Morgan fingerprint density at radius 3 is 2.44 bits per heavy atom. The van der Waals surface area contributed by atoms with Gasteiger partial charge in [-0.25, -0.2) is 13.2 Å². The van der Waals surface area contributed by atoms with Gasteiger partial charge in [-0.1, -0.05) is 6.07 Å². The third kappa shape index (κ3) is 2.45. The van der Waals surface area contributed by atoms with E-state index in [4.69, 9.17) is 5.73 Å². The van der Waals surface area contributed by atoms with Crippen LogP contribution in [0.1, 0.15) is 16.5 Å². The summed E-state index contributed by atoms with van der Waals surface area (Å²) in [6.07, 6.45) is 0. The van der Waals surface area contributed by atoms with Gasteiger partial charge in [0.1, 0.15) is 5.75 Å². The van der Waals surface area contributed by atoms with Crippen molar-refractivity contribution in [2.75, 3.05) is 0 Å². The second kappa shape index (κ2) is 5.60. The van der Waals surface area contributed by atoms with Gasteiger partial charge in [-0.3, -0.25) is 0 Å². The number of hydrogen-bond acceptors (Lipinski definition) is 3. The summed E-state index contributed by atoms with van der Waals surface area (Å²) in [4.78, 5) is 0.546. The van der Waals surface area contributed by atoms with Gasteiger partial charge in [-0.2, -0.15) is 0 Å². The highest BCUT2D eigenvalue weighted by Crippen LogP contribution is 2.34. The largest absolute Gasteiger partial charge is 0.507 e. The van der Waals surface area contributed by atoms with E-state index in [1.165, 1.54) is 11.3 Å². The molecule has 1 aromatic carbocycles. The van der Waals surface area contributed by atoms with Crippen LogP contribution in [0.3, 0.4) is 0 Å². The first-order chi connectivity index (χ1) is 8.02. The Labute approximate surface area is 111 Å². The van der Waals surface area contributed by atoms with Crippen molar-refractivity contribution in [1.29, 1.82) is 0 Å². The van der Waals surface area contributed by atoms with Crippen LogP contribution in [0.2, 0.25) is 0 Å². The first kappa shape index (κ1) is 14.8. The van der Waals surface area contributed by atoms with E-state index in [1.807, 2.05) is 0 Å². The van der Waals surface area contributed by atoms with Gasteiger partial charge in [0.2, 0.25) is 0 Å². The van der Waals surface area contributed by atoms with E-state index < -0.39 is 34.8 Å². The van der Waals surface area contributed by atoms with E-state index in [0.717, 1.165) is 0 Å². The fourth-order valence-corrected chi connectivity index (χ4v) is 2.24. The van der Waals surface area contributed by atoms with Gasteiger partial charge < -0.3 is 10.8 Å². The zero-order chi connectivity index (χ0) is 12.6. The molecular formula is C11H9ClF3NOS. The van der Waals surface area contributed by atoms with Crippen molar-refractivity contribution in [2.45, 2.75) is 6.04 Å². The van der Waals surface area contributed by atoms with Crippen molar-refractivity contribution in [3.8, 4) is 5.75 Å². The van der Waals surface area contributed by atoms with Gasteiger partial charge in [0.05, 0.1) is 11.6 Å². The Morgan fingerprint density at radius 1 is 1.22 bits per heavy atom. The van der Waals surface area contributed by atoms with Gasteiger partial charge in [0.25, 0.3) is 0 Å². The van der Waals surface area contributed by atoms with Crippen molar-refractivity contribution < 1.29 is 18.3 Å². The van der Waals surface area contributed by atoms with Crippen molar-refractivity contribution in [1.82, 2.24) is 0 Å². The second-order valence-electron chi connectivity index (χ2n) is 3.41. The van der Waals surface area contributed by atoms with Gasteiger partial charge in [0.15, 0.2) is 17.5 Å². The molecule has 1 atom stereocenters. The molecule has 1 heterocycles. The lowest BCUT2D eigenvalue weighted by atomic mass is 10.0. The van der Waals surface area contributed by atoms with Gasteiger partial charge in [-0.15, -0.1) is 23.7 Å². The molecule has 0 aliphatic carbocycles. The minimum absolute atomic E-state index is 0. The number of rotatable bonds is 2. The SMILES string of the molecule is Cl.N[C@@H](c1cccs1)c1c(O)cc(F)c(F)c1F. The van der Waals surface area contributed by atoms with E-state index in [0.29, 0.717) is 10.9 Å². The first-order valence-corrected chi connectivity index (χ1v) is 5.55. The number of benzene rings is 1. The average Bonchev–Trinajstić information content (AvgIpc) is 2.79. The molecule has 3 N–H and O–H groups in total. The molecule has 0 aliphatic rings. The van der Waals surface area contributed by atoms with E-state index in [2.05, 4.69) is 0 Å². The quantitative estimate of drug-likeness (QED) is 0.835. The zero-order valence-electron chi connectivity index (χ0n) is 8.86. The third-order valence-corrected chi connectivity index (χ3v) is 3.29. The van der Waals surface area contributed by atoms with Crippen LogP contribution in [0, 0.1) is 17.5 Å². The van der Waals surface area contributed by atoms with Crippen molar-refractivity contribution >= 4 is 23.7 Å². The molecule has 98 valence electrons. The molecule has 2 rings (SSSR count). The number of phenols is 1.